The van der Waals surface area contributed by atoms with E-state index in [2.05, 4.69) is 31.2 Å². The lowest BCUT2D eigenvalue weighted by Crippen LogP contribution is -2.15. The van der Waals surface area contributed by atoms with Gasteiger partial charge in [-0.1, -0.05) is 6.92 Å². The highest BCUT2D eigenvalue weighted by atomic mass is 16.3. The number of rotatable bonds is 6. The van der Waals surface area contributed by atoms with Crippen molar-refractivity contribution in [3.05, 3.63) is 40.6 Å². The van der Waals surface area contributed by atoms with Gasteiger partial charge in [0, 0.05) is 17.8 Å². The van der Waals surface area contributed by atoms with Gasteiger partial charge in [-0.15, -0.1) is 0 Å². The molecule has 104 valence electrons. The molecule has 2 heterocycles. The molecule has 2 aromatic rings. The van der Waals surface area contributed by atoms with E-state index in [1.54, 1.807) is 6.26 Å². The van der Waals surface area contributed by atoms with E-state index in [9.17, 15) is 0 Å². The van der Waals surface area contributed by atoms with Crippen LogP contribution in [-0.4, -0.2) is 16.3 Å². The summed E-state index contributed by atoms with van der Waals surface area (Å²) in [6, 6.07) is 2.04. The van der Waals surface area contributed by atoms with Gasteiger partial charge in [0.1, 0.15) is 5.76 Å². The van der Waals surface area contributed by atoms with Crippen molar-refractivity contribution >= 4 is 0 Å². The summed E-state index contributed by atoms with van der Waals surface area (Å²) >= 11 is 0. The molecule has 0 atom stereocenters. The van der Waals surface area contributed by atoms with Crippen LogP contribution in [0.3, 0.4) is 0 Å². The van der Waals surface area contributed by atoms with Gasteiger partial charge >= 0.3 is 0 Å². The molecule has 0 unspecified atom stereocenters. The Hall–Kier alpha value is -1.55. The van der Waals surface area contributed by atoms with Crippen LogP contribution in [0.4, 0.5) is 0 Å². The molecule has 0 amide bonds. The second kappa shape index (κ2) is 6.06. The molecule has 1 N–H and O–H groups in total. The summed E-state index contributed by atoms with van der Waals surface area (Å²) in [5, 5.41) is 7.96. The Bertz CT molecular complexity index is 540. The standard InChI is InChI=1S/C15H23N3O/c1-5-7-16-9-14-6-8-19-15(14)10-18-13(4)11(2)12(3)17-18/h6,8,16H,5,7,9-10H2,1-4H3. The molecular weight excluding hydrogens is 238 g/mol. The van der Waals surface area contributed by atoms with Gasteiger partial charge in [0.05, 0.1) is 18.5 Å². The lowest BCUT2D eigenvalue weighted by Gasteiger charge is -2.06. The molecule has 4 heteroatoms. The highest BCUT2D eigenvalue weighted by Gasteiger charge is 2.11. The Morgan fingerprint density at radius 3 is 2.74 bits per heavy atom. The molecule has 0 aliphatic heterocycles. The highest BCUT2D eigenvalue weighted by Crippen LogP contribution is 2.16. The fourth-order valence-electron chi connectivity index (χ4n) is 2.14. The fourth-order valence-corrected chi connectivity index (χ4v) is 2.14. The number of hydrogen-bond acceptors (Lipinski definition) is 3. The van der Waals surface area contributed by atoms with Crippen LogP contribution >= 0.6 is 0 Å². The van der Waals surface area contributed by atoms with Crippen LogP contribution in [0.25, 0.3) is 0 Å². The van der Waals surface area contributed by atoms with Crippen molar-refractivity contribution in [1.29, 1.82) is 0 Å². The Morgan fingerprint density at radius 1 is 1.32 bits per heavy atom. The summed E-state index contributed by atoms with van der Waals surface area (Å²) < 4.78 is 7.62. The first kappa shape index (κ1) is 13.9. The molecule has 0 aromatic carbocycles. The number of aryl methyl sites for hydroxylation is 1. The van der Waals surface area contributed by atoms with Crippen LogP contribution < -0.4 is 5.32 Å². The fraction of sp³-hybridized carbons (Fsp3) is 0.533. The van der Waals surface area contributed by atoms with Gasteiger partial charge in [-0.25, -0.2) is 0 Å². The molecular formula is C15H23N3O. The summed E-state index contributed by atoms with van der Waals surface area (Å²) in [6.45, 7) is 11.0. The summed E-state index contributed by atoms with van der Waals surface area (Å²) in [5.74, 6) is 0.995. The van der Waals surface area contributed by atoms with E-state index >= 15 is 0 Å². The molecule has 0 aliphatic rings. The maximum absolute atomic E-state index is 5.60. The van der Waals surface area contributed by atoms with Gasteiger partial charge in [0.15, 0.2) is 0 Å². The van der Waals surface area contributed by atoms with E-state index in [4.69, 9.17) is 4.42 Å². The maximum atomic E-state index is 5.60. The molecule has 0 saturated heterocycles. The molecule has 0 radical (unpaired) electrons. The van der Waals surface area contributed by atoms with E-state index < -0.39 is 0 Å². The zero-order chi connectivity index (χ0) is 13.8. The average molecular weight is 261 g/mol. The number of furan rings is 1. The molecule has 0 saturated carbocycles. The highest BCUT2D eigenvalue weighted by molar-refractivity contribution is 5.24. The van der Waals surface area contributed by atoms with Crippen molar-refractivity contribution in [2.24, 2.45) is 0 Å². The van der Waals surface area contributed by atoms with E-state index in [-0.39, 0.29) is 0 Å². The number of aromatic nitrogens is 2. The molecule has 19 heavy (non-hydrogen) atoms. The van der Waals surface area contributed by atoms with E-state index in [1.807, 2.05) is 17.7 Å². The van der Waals surface area contributed by atoms with Crippen LogP contribution in [0.15, 0.2) is 16.7 Å². The van der Waals surface area contributed by atoms with Gasteiger partial charge in [-0.3, -0.25) is 4.68 Å². The Balaban J connectivity index is 2.10. The van der Waals surface area contributed by atoms with E-state index in [0.29, 0.717) is 6.54 Å². The maximum Gasteiger partial charge on any atom is 0.129 e. The third kappa shape index (κ3) is 3.07. The summed E-state index contributed by atoms with van der Waals surface area (Å²) in [7, 11) is 0. The molecule has 0 aliphatic carbocycles. The minimum atomic E-state index is 0.705. The first-order valence-corrected chi connectivity index (χ1v) is 6.90. The second-order valence-corrected chi connectivity index (χ2v) is 5.00. The van der Waals surface area contributed by atoms with E-state index in [0.717, 1.165) is 31.0 Å². The summed E-state index contributed by atoms with van der Waals surface area (Å²) in [4.78, 5) is 0. The van der Waals surface area contributed by atoms with Gasteiger partial charge in [0.25, 0.3) is 0 Å². The third-order valence-electron chi connectivity index (χ3n) is 3.62. The number of nitrogens with zero attached hydrogens (tertiary/aromatic N) is 2. The molecule has 0 spiro atoms. The summed E-state index contributed by atoms with van der Waals surface area (Å²) in [6.07, 6.45) is 2.90. The molecule has 2 rings (SSSR count). The minimum absolute atomic E-state index is 0.705. The zero-order valence-corrected chi connectivity index (χ0v) is 12.3. The predicted octanol–water partition coefficient (Wildman–Crippen LogP) is 2.95. The SMILES string of the molecule is CCCNCc1ccoc1Cn1nc(C)c(C)c1C. The molecule has 0 bridgehead atoms. The number of hydrogen-bond donors (Lipinski definition) is 1. The van der Waals surface area contributed by atoms with Crippen molar-refractivity contribution in [3.63, 3.8) is 0 Å². The lowest BCUT2D eigenvalue weighted by atomic mass is 10.2. The smallest absolute Gasteiger partial charge is 0.129 e. The summed E-state index contributed by atoms with van der Waals surface area (Å²) in [5.41, 5.74) is 4.78. The van der Waals surface area contributed by atoms with E-state index in [1.165, 1.54) is 16.8 Å². The predicted molar refractivity (Wildman–Crippen MR) is 76.2 cm³/mol. The normalized spacial score (nSPS) is 11.2. The van der Waals surface area contributed by atoms with Crippen molar-refractivity contribution in [2.75, 3.05) is 6.54 Å². The van der Waals surface area contributed by atoms with Crippen LogP contribution in [-0.2, 0) is 13.1 Å². The van der Waals surface area contributed by atoms with Crippen LogP contribution in [0.1, 0.15) is 41.6 Å². The zero-order valence-electron chi connectivity index (χ0n) is 12.3. The first-order chi connectivity index (χ1) is 9.13. The Labute approximate surface area is 114 Å². The van der Waals surface area contributed by atoms with Gasteiger partial charge in [-0.05, 0) is 45.4 Å². The average Bonchev–Trinajstić information content (AvgIpc) is 2.92. The largest absolute Gasteiger partial charge is 0.467 e. The van der Waals surface area contributed by atoms with Gasteiger partial charge in [0.2, 0.25) is 0 Å². The first-order valence-electron chi connectivity index (χ1n) is 6.90. The van der Waals surface area contributed by atoms with Crippen molar-refractivity contribution in [1.82, 2.24) is 15.1 Å². The second-order valence-electron chi connectivity index (χ2n) is 5.00. The monoisotopic (exact) mass is 261 g/mol. The molecule has 4 nitrogen and oxygen atoms in total. The third-order valence-corrected chi connectivity index (χ3v) is 3.62. The Kier molecular flexibility index (Phi) is 4.43. The van der Waals surface area contributed by atoms with Gasteiger partial charge < -0.3 is 9.73 Å². The number of nitrogens with one attached hydrogen (secondary N) is 1. The minimum Gasteiger partial charge on any atom is -0.467 e. The quantitative estimate of drug-likeness (QED) is 0.813. The van der Waals surface area contributed by atoms with Crippen LogP contribution in [0, 0.1) is 20.8 Å². The van der Waals surface area contributed by atoms with Crippen molar-refractivity contribution < 1.29 is 4.42 Å². The van der Waals surface area contributed by atoms with Gasteiger partial charge in [-0.2, -0.15) is 5.10 Å². The van der Waals surface area contributed by atoms with Crippen LogP contribution in [0.2, 0.25) is 0 Å². The topological polar surface area (TPSA) is 43.0 Å². The molecule has 2 aromatic heterocycles. The lowest BCUT2D eigenvalue weighted by molar-refractivity contribution is 0.468. The molecule has 0 fully saturated rings. The van der Waals surface area contributed by atoms with Crippen molar-refractivity contribution in [3.8, 4) is 0 Å². The van der Waals surface area contributed by atoms with Crippen LogP contribution in [0.5, 0.6) is 0 Å². The Morgan fingerprint density at radius 2 is 2.11 bits per heavy atom. The van der Waals surface area contributed by atoms with Crippen molar-refractivity contribution in [2.45, 2.75) is 47.2 Å².